The summed E-state index contributed by atoms with van der Waals surface area (Å²) in [5.74, 6) is -0.0658. The summed E-state index contributed by atoms with van der Waals surface area (Å²) in [6.07, 6.45) is 4.19. The lowest BCUT2D eigenvalue weighted by atomic mass is 9.99. The van der Waals surface area contributed by atoms with Crippen LogP contribution in [-0.4, -0.2) is 31.1 Å². The summed E-state index contributed by atoms with van der Waals surface area (Å²) in [4.78, 5) is 12.5. The molecular weight excluding hydrogens is 331 g/mol. The molecule has 0 saturated carbocycles. The number of piperidine rings is 1. The molecule has 4 rings (SSSR count). The Hall–Kier alpha value is -2.40. The first-order valence-electron chi connectivity index (χ1n) is 9.13. The van der Waals surface area contributed by atoms with E-state index in [9.17, 15) is 9.18 Å². The number of hydrogen-bond acceptors (Lipinski definition) is 3. The van der Waals surface area contributed by atoms with Gasteiger partial charge in [0, 0.05) is 18.1 Å². The normalized spacial score (nSPS) is 24.3. The Bertz CT molecular complexity index is 794. The third kappa shape index (κ3) is 3.44. The van der Waals surface area contributed by atoms with E-state index in [4.69, 9.17) is 4.74 Å². The second kappa shape index (κ2) is 7.08. The monoisotopic (exact) mass is 354 g/mol. The molecule has 0 aliphatic carbocycles. The minimum absolute atomic E-state index is 0.105. The minimum atomic E-state index is -0.493. The van der Waals surface area contributed by atoms with Crippen LogP contribution in [-0.2, 0) is 0 Å². The van der Waals surface area contributed by atoms with E-state index in [1.54, 1.807) is 19.2 Å². The number of nitrogens with one attached hydrogen (secondary N) is 2. The third-order valence-corrected chi connectivity index (χ3v) is 5.45. The summed E-state index contributed by atoms with van der Waals surface area (Å²) in [7, 11) is 1.61. The van der Waals surface area contributed by atoms with E-state index in [0.717, 1.165) is 29.7 Å². The van der Waals surface area contributed by atoms with Gasteiger partial charge in [0.1, 0.15) is 11.6 Å². The van der Waals surface area contributed by atoms with Crippen molar-refractivity contribution in [2.75, 3.05) is 7.11 Å². The molecule has 2 aromatic rings. The van der Waals surface area contributed by atoms with Gasteiger partial charge in [0.2, 0.25) is 0 Å². The van der Waals surface area contributed by atoms with Crippen molar-refractivity contribution in [1.29, 1.82) is 0 Å². The fraction of sp³-hybridized carbons (Fsp3) is 0.381. The van der Waals surface area contributed by atoms with Crippen molar-refractivity contribution < 1.29 is 13.9 Å². The van der Waals surface area contributed by atoms with E-state index in [1.807, 2.05) is 24.3 Å². The molecule has 136 valence electrons. The first-order valence-corrected chi connectivity index (χ1v) is 9.13. The van der Waals surface area contributed by atoms with Crippen LogP contribution in [0.2, 0.25) is 0 Å². The van der Waals surface area contributed by atoms with E-state index in [0.29, 0.717) is 12.1 Å². The van der Waals surface area contributed by atoms with Crippen LogP contribution in [0, 0.1) is 5.82 Å². The zero-order valence-electron chi connectivity index (χ0n) is 14.8. The lowest BCUT2D eigenvalue weighted by molar-refractivity contribution is 0.0920. The third-order valence-electron chi connectivity index (χ3n) is 5.45. The Morgan fingerprint density at radius 2 is 1.73 bits per heavy atom. The summed E-state index contributed by atoms with van der Waals surface area (Å²) in [5.41, 5.74) is 1.72. The van der Waals surface area contributed by atoms with Crippen molar-refractivity contribution in [3.05, 3.63) is 53.8 Å². The second-order valence-electron chi connectivity index (χ2n) is 7.20. The van der Waals surface area contributed by atoms with Crippen LogP contribution in [0.5, 0.6) is 5.75 Å². The van der Waals surface area contributed by atoms with Gasteiger partial charge in [-0.05, 0) is 61.1 Å². The number of amides is 1. The van der Waals surface area contributed by atoms with Crippen LogP contribution in [0.1, 0.15) is 36.0 Å². The predicted octanol–water partition coefficient (Wildman–Crippen LogP) is 3.51. The maximum atomic E-state index is 14.6. The van der Waals surface area contributed by atoms with Gasteiger partial charge in [0.15, 0.2) is 0 Å². The summed E-state index contributed by atoms with van der Waals surface area (Å²) in [6, 6.07) is 13.3. The van der Waals surface area contributed by atoms with Crippen molar-refractivity contribution in [2.45, 2.75) is 43.8 Å². The Kier molecular flexibility index (Phi) is 4.64. The molecule has 2 fully saturated rings. The molecule has 2 unspecified atom stereocenters. The predicted molar refractivity (Wildman–Crippen MR) is 98.8 cm³/mol. The van der Waals surface area contributed by atoms with E-state index >= 15 is 0 Å². The first kappa shape index (κ1) is 17.0. The van der Waals surface area contributed by atoms with Crippen LogP contribution in [0.3, 0.4) is 0 Å². The molecule has 0 radical (unpaired) electrons. The van der Waals surface area contributed by atoms with Gasteiger partial charge in [-0.1, -0.05) is 18.2 Å². The van der Waals surface area contributed by atoms with Crippen molar-refractivity contribution in [1.82, 2.24) is 10.6 Å². The molecule has 2 aromatic carbocycles. The number of halogens is 1. The maximum Gasteiger partial charge on any atom is 0.254 e. The average molecular weight is 354 g/mol. The number of benzene rings is 2. The Balaban J connectivity index is 1.47. The zero-order chi connectivity index (χ0) is 18.1. The van der Waals surface area contributed by atoms with Crippen LogP contribution in [0.4, 0.5) is 4.39 Å². The minimum Gasteiger partial charge on any atom is -0.497 e. The van der Waals surface area contributed by atoms with Crippen LogP contribution >= 0.6 is 0 Å². The number of carbonyl (C=O) groups excluding carboxylic acids is 1. The number of carbonyl (C=O) groups is 1. The lowest BCUT2D eigenvalue weighted by Crippen LogP contribution is -2.48. The summed E-state index contributed by atoms with van der Waals surface area (Å²) in [6.45, 7) is 0. The SMILES string of the molecule is COc1ccc(-c2ccc(C(=O)NC3CC4CCC(C3)N4)c(F)c2)cc1. The topological polar surface area (TPSA) is 50.4 Å². The van der Waals surface area contributed by atoms with Crippen LogP contribution < -0.4 is 15.4 Å². The highest BCUT2D eigenvalue weighted by atomic mass is 19.1. The summed E-state index contributed by atoms with van der Waals surface area (Å²) < 4.78 is 19.7. The molecule has 4 nitrogen and oxygen atoms in total. The molecule has 1 amide bonds. The standard InChI is InChI=1S/C21H23FN2O2/c1-26-18-7-2-13(3-8-18)14-4-9-19(20(22)10-14)21(25)24-17-11-15-5-6-16(12-17)23-15/h2-4,7-10,15-17,23H,5-6,11-12H2,1H3,(H,24,25). The fourth-order valence-corrected chi connectivity index (χ4v) is 4.10. The van der Waals surface area contributed by atoms with E-state index in [-0.39, 0.29) is 17.5 Å². The highest BCUT2D eigenvalue weighted by molar-refractivity contribution is 5.95. The quantitative estimate of drug-likeness (QED) is 0.883. The van der Waals surface area contributed by atoms with Gasteiger partial charge >= 0.3 is 0 Å². The van der Waals surface area contributed by atoms with E-state index < -0.39 is 5.82 Å². The Morgan fingerprint density at radius 1 is 1.08 bits per heavy atom. The fourth-order valence-electron chi connectivity index (χ4n) is 4.10. The molecule has 26 heavy (non-hydrogen) atoms. The van der Waals surface area contributed by atoms with E-state index in [1.165, 1.54) is 18.9 Å². The second-order valence-corrected chi connectivity index (χ2v) is 7.20. The van der Waals surface area contributed by atoms with E-state index in [2.05, 4.69) is 10.6 Å². The number of fused-ring (bicyclic) bond motifs is 2. The largest absolute Gasteiger partial charge is 0.497 e. The molecule has 2 heterocycles. The molecule has 0 spiro atoms. The van der Waals surface area contributed by atoms with Crippen molar-refractivity contribution >= 4 is 5.91 Å². The smallest absolute Gasteiger partial charge is 0.254 e. The van der Waals surface area contributed by atoms with Crippen LogP contribution in [0.25, 0.3) is 11.1 Å². The van der Waals surface area contributed by atoms with Crippen molar-refractivity contribution in [3.8, 4) is 16.9 Å². The molecule has 5 heteroatoms. The molecule has 2 aliphatic rings. The molecule has 2 bridgehead atoms. The Labute approximate surface area is 152 Å². The molecule has 0 aromatic heterocycles. The van der Waals surface area contributed by atoms with Gasteiger partial charge in [0.05, 0.1) is 12.7 Å². The van der Waals surface area contributed by atoms with Gasteiger partial charge in [-0.25, -0.2) is 4.39 Å². The van der Waals surface area contributed by atoms with Crippen LogP contribution in [0.15, 0.2) is 42.5 Å². The van der Waals surface area contributed by atoms with Crippen molar-refractivity contribution in [2.24, 2.45) is 0 Å². The van der Waals surface area contributed by atoms with Gasteiger partial charge in [-0.15, -0.1) is 0 Å². The van der Waals surface area contributed by atoms with Gasteiger partial charge in [-0.3, -0.25) is 4.79 Å². The van der Waals surface area contributed by atoms with Gasteiger partial charge in [-0.2, -0.15) is 0 Å². The molecule has 2 N–H and O–H groups in total. The highest BCUT2D eigenvalue weighted by Gasteiger charge is 2.34. The number of hydrogen-bond donors (Lipinski definition) is 2. The summed E-state index contributed by atoms with van der Waals surface area (Å²) in [5, 5.41) is 6.56. The maximum absolute atomic E-state index is 14.6. The highest BCUT2D eigenvalue weighted by Crippen LogP contribution is 2.28. The molecular formula is C21H23FN2O2. The first-order chi connectivity index (χ1) is 12.6. The van der Waals surface area contributed by atoms with Gasteiger partial charge in [0.25, 0.3) is 5.91 Å². The number of rotatable bonds is 4. The summed E-state index contributed by atoms with van der Waals surface area (Å²) >= 11 is 0. The average Bonchev–Trinajstić information content (AvgIpc) is 3.00. The zero-order valence-corrected chi connectivity index (χ0v) is 14.8. The number of methoxy groups -OCH3 is 1. The lowest BCUT2D eigenvalue weighted by Gasteiger charge is -2.29. The molecule has 2 saturated heterocycles. The number of ether oxygens (including phenoxy) is 1. The molecule has 2 aliphatic heterocycles. The Morgan fingerprint density at radius 3 is 2.35 bits per heavy atom. The van der Waals surface area contributed by atoms with Gasteiger partial charge < -0.3 is 15.4 Å². The van der Waals surface area contributed by atoms with Crippen molar-refractivity contribution in [3.63, 3.8) is 0 Å². The molecule has 2 atom stereocenters.